The summed E-state index contributed by atoms with van der Waals surface area (Å²) in [4.78, 5) is 14.3. The Labute approximate surface area is 142 Å². The minimum absolute atomic E-state index is 0.0262. The predicted molar refractivity (Wildman–Crippen MR) is 93.7 cm³/mol. The topological polar surface area (TPSA) is 65.7 Å². The summed E-state index contributed by atoms with van der Waals surface area (Å²) in [5.41, 5.74) is 1.99. The number of hydrogen-bond acceptors (Lipinski definition) is 4. The van der Waals surface area contributed by atoms with Crippen molar-refractivity contribution in [3.8, 4) is 0 Å². The third kappa shape index (κ3) is 3.47. The van der Waals surface area contributed by atoms with Crippen LogP contribution in [0.4, 0.5) is 0 Å². The van der Waals surface area contributed by atoms with Crippen LogP contribution in [0, 0.1) is 0 Å². The molecule has 0 aliphatic carbocycles. The van der Waals surface area contributed by atoms with E-state index in [1.165, 1.54) is 0 Å². The molecule has 0 spiro atoms. The van der Waals surface area contributed by atoms with E-state index >= 15 is 0 Å². The number of benzene rings is 1. The molecule has 5 heteroatoms. The molecule has 2 atom stereocenters. The average molecular weight is 330 g/mol. The maximum absolute atomic E-state index is 12.6. The Morgan fingerprint density at radius 3 is 2.92 bits per heavy atom. The van der Waals surface area contributed by atoms with Gasteiger partial charge < -0.3 is 19.7 Å². The van der Waals surface area contributed by atoms with Gasteiger partial charge in [-0.05, 0) is 18.9 Å². The molecule has 1 aliphatic rings. The van der Waals surface area contributed by atoms with Crippen molar-refractivity contribution in [1.82, 2.24) is 10.2 Å². The normalized spacial score (nSPS) is 20.6. The van der Waals surface area contributed by atoms with Crippen LogP contribution in [-0.4, -0.2) is 41.7 Å². The molecule has 1 saturated heterocycles. The monoisotopic (exact) mass is 330 g/mol. The van der Waals surface area contributed by atoms with E-state index in [0.717, 1.165) is 41.6 Å². The first-order valence-electron chi connectivity index (χ1n) is 8.75. The number of β-amino-alcohol motifs (C(OH)–C–C–N with tert-alkyl or cyclic N) is 1. The van der Waals surface area contributed by atoms with Gasteiger partial charge in [-0.3, -0.25) is 4.79 Å². The SMILES string of the molecule is CCCCc1oc2ccccc2c1CN(C)C(=O)[C@H]1C[C@H](O)CN1. The van der Waals surface area contributed by atoms with Gasteiger partial charge in [0.15, 0.2) is 0 Å². The van der Waals surface area contributed by atoms with Crippen molar-refractivity contribution in [2.75, 3.05) is 13.6 Å². The van der Waals surface area contributed by atoms with Crippen LogP contribution in [0.3, 0.4) is 0 Å². The lowest BCUT2D eigenvalue weighted by molar-refractivity contribution is -0.132. The summed E-state index contributed by atoms with van der Waals surface area (Å²) in [6.07, 6.45) is 3.12. The number of nitrogens with zero attached hydrogens (tertiary/aromatic N) is 1. The first-order valence-corrected chi connectivity index (χ1v) is 8.75. The van der Waals surface area contributed by atoms with Gasteiger partial charge >= 0.3 is 0 Å². The van der Waals surface area contributed by atoms with Crippen molar-refractivity contribution in [3.05, 3.63) is 35.6 Å². The van der Waals surface area contributed by atoms with Crippen LogP contribution >= 0.6 is 0 Å². The molecule has 0 bridgehead atoms. The third-order valence-electron chi connectivity index (χ3n) is 4.72. The molecule has 130 valence electrons. The van der Waals surface area contributed by atoms with Crippen molar-refractivity contribution in [2.45, 2.75) is 51.3 Å². The number of hydrogen-bond donors (Lipinski definition) is 2. The highest BCUT2D eigenvalue weighted by atomic mass is 16.3. The number of furan rings is 1. The van der Waals surface area contributed by atoms with Crippen LogP contribution in [0.15, 0.2) is 28.7 Å². The minimum Gasteiger partial charge on any atom is -0.461 e. The van der Waals surface area contributed by atoms with Gasteiger partial charge in [0, 0.05) is 37.5 Å². The summed E-state index contributed by atoms with van der Waals surface area (Å²) in [5.74, 6) is 1.01. The maximum Gasteiger partial charge on any atom is 0.239 e. The Morgan fingerprint density at radius 1 is 1.42 bits per heavy atom. The average Bonchev–Trinajstić information content (AvgIpc) is 3.16. The third-order valence-corrected chi connectivity index (χ3v) is 4.72. The van der Waals surface area contributed by atoms with Crippen LogP contribution in [0.2, 0.25) is 0 Å². The highest BCUT2D eigenvalue weighted by Gasteiger charge is 2.30. The highest BCUT2D eigenvalue weighted by molar-refractivity contribution is 5.85. The molecule has 0 radical (unpaired) electrons. The number of aliphatic hydroxyl groups is 1. The number of aryl methyl sites for hydroxylation is 1. The Kier molecular flexibility index (Phi) is 5.21. The molecular formula is C19H26N2O3. The molecule has 2 heterocycles. The van der Waals surface area contributed by atoms with Gasteiger partial charge in [0.05, 0.1) is 12.1 Å². The summed E-state index contributed by atoms with van der Waals surface area (Å²) < 4.78 is 6.03. The first-order chi connectivity index (χ1) is 11.6. The second-order valence-corrected chi connectivity index (χ2v) is 6.65. The molecule has 1 amide bonds. The van der Waals surface area contributed by atoms with Crippen LogP contribution < -0.4 is 5.32 Å². The smallest absolute Gasteiger partial charge is 0.239 e. The molecule has 3 rings (SSSR count). The van der Waals surface area contributed by atoms with Gasteiger partial charge in [-0.25, -0.2) is 0 Å². The van der Waals surface area contributed by atoms with Crippen molar-refractivity contribution in [2.24, 2.45) is 0 Å². The number of likely N-dealkylation sites (N-methyl/N-ethyl adjacent to an activating group) is 1. The summed E-state index contributed by atoms with van der Waals surface area (Å²) in [6.45, 7) is 3.18. The van der Waals surface area contributed by atoms with Crippen LogP contribution in [0.1, 0.15) is 37.5 Å². The Bertz CT molecular complexity index is 710. The second kappa shape index (κ2) is 7.36. The molecule has 2 aromatic rings. The van der Waals surface area contributed by atoms with E-state index in [4.69, 9.17) is 4.42 Å². The fourth-order valence-corrected chi connectivity index (χ4v) is 3.35. The molecule has 0 saturated carbocycles. The maximum atomic E-state index is 12.6. The minimum atomic E-state index is -0.428. The highest BCUT2D eigenvalue weighted by Crippen LogP contribution is 2.28. The first kappa shape index (κ1) is 17.0. The molecule has 24 heavy (non-hydrogen) atoms. The molecule has 5 nitrogen and oxygen atoms in total. The van der Waals surface area contributed by atoms with Crippen molar-refractivity contribution in [1.29, 1.82) is 0 Å². The number of fused-ring (bicyclic) bond motifs is 1. The zero-order valence-electron chi connectivity index (χ0n) is 14.4. The van der Waals surface area contributed by atoms with E-state index in [1.54, 1.807) is 4.90 Å². The molecule has 1 aromatic carbocycles. The lowest BCUT2D eigenvalue weighted by Gasteiger charge is -2.21. The van der Waals surface area contributed by atoms with Gasteiger partial charge in [-0.2, -0.15) is 0 Å². The van der Waals surface area contributed by atoms with E-state index in [2.05, 4.69) is 18.3 Å². The summed E-state index contributed by atoms with van der Waals surface area (Å²) in [7, 11) is 1.82. The summed E-state index contributed by atoms with van der Waals surface area (Å²) >= 11 is 0. The number of carbonyl (C=O) groups is 1. The number of para-hydroxylation sites is 1. The van der Waals surface area contributed by atoms with E-state index < -0.39 is 6.10 Å². The zero-order chi connectivity index (χ0) is 17.1. The van der Waals surface area contributed by atoms with Gasteiger partial charge in [-0.15, -0.1) is 0 Å². The van der Waals surface area contributed by atoms with E-state index in [9.17, 15) is 9.90 Å². The number of rotatable bonds is 6. The van der Waals surface area contributed by atoms with Crippen molar-refractivity contribution >= 4 is 16.9 Å². The van der Waals surface area contributed by atoms with Gasteiger partial charge in [0.1, 0.15) is 11.3 Å². The molecule has 2 N–H and O–H groups in total. The Morgan fingerprint density at radius 2 is 2.21 bits per heavy atom. The predicted octanol–water partition coefficient (Wildman–Crippen LogP) is 2.46. The van der Waals surface area contributed by atoms with E-state index in [1.807, 2.05) is 25.2 Å². The molecular weight excluding hydrogens is 304 g/mol. The lowest BCUT2D eigenvalue weighted by Crippen LogP contribution is -2.41. The molecule has 1 fully saturated rings. The van der Waals surface area contributed by atoms with Crippen LogP contribution in [0.25, 0.3) is 11.0 Å². The number of amides is 1. The van der Waals surface area contributed by atoms with Gasteiger partial charge in [0.2, 0.25) is 5.91 Å². The van der Waals surface area contributed by atoms with E-state index in [0.29, 0.717) is 19.5 Å². The van der Waals surface area contributed by atoms with Gasteiger partial charge in [-0.1, -0.05) is 31.5 Å². The standard InChI is InChI=1S/C19H26N2O3/c1-3-4-8-18-15(14-7-5-6-9-17(14)24-18)12-21(2)19(23)16-10-13(22)11-20-16/h5-7,9,13,16,20,22H,3-4,8,10-12H2,1-2H3/t13-,16+/m0/s1. The Hall–Kier alpha value is -1.85. The summed E-state index contributed by atoms with van der Waals surface area (Å²) in [6, 6.07) is 7.71. The number of nitrogens with one attached hydrogen (secondary N) is 1. The quantitative estimate of drug-likeness (QED) is 0.854. The zero-order valence-corrected chi connectivity index (χ0v) is 14.4. The number of unbranched alkanes of at least 4 members (excludes halogenated alkanes) is 1. The largest absolute Gasteiger partial charge is 0.461 e. The molecule has 1 aliphatic heterocycles. The number of carbonyl (C=O) groups excluding carboxylic acids is 1. The van der Waals surface area contributed by atoms with Crippen molar-refractivity contribution in [3.63, 3.8) is 0 Å². The van der Waals surface area contributed by atoms with E-state index in [-0.39, 0.29) is 11.9 Å². The Balaban J connectivity index is 1.81. The van der Waals surface area contributed by atoms with Crippen molar-refractivity contribution < 1.29 is 14.3 Å². The lowest BCUT2D eigenvalue weighted by atomic mass is 10.1. The molecule has 1 aromatic heterocycles. The molecule has 0 unspecified atom stereocenters. The van der Waals surface area contributed by atoms with Crippen LogP contribution in [0.5, 0.6) is 0 Å². The fraction of sp³-hybridized carbons (Fsp3) is 0.526. The number of aliphatic hydroxyl groups excluding tert-OH is 1. The fourth-order valence-electron chi connectivity index (χ4n) is 3.35. The van der Waals surface area contributed by atoms with Crippen LogP contribution in [-0.2, 0) is 17.8 Å². The summed E-state index contributed by atoms with van der Waals surface area (Å²) in [5, 5.41) is 13.8. The van der Waals surface area contributed by atoms with Gasteiger partial charge in [0.25, 0.3) is 0 Å². The second-order valence-electron chi connectivity index (χ2n) is 6.65.